The molecule has 0 saturated heterocycles. The Bertz CT molecular complexity index is 1820. The van der Waals surface area contributed by atoms with Gasteiger partial charge in [0.25, 0.3) is 0 Å². The molecule has 1 atom stereocenters. The minimum Gasteiger partial charge on any atom is -0.344 e. The van der Waals surface area contributed by atoms with E-state index in [1.165, 1.54) is 18.4 Å². The van der Waals surface area contributed by atoms with Gasteiger partial charge in [0.05, 0.1) is 4.90 Å². The molecule has 0 aliphatic heterocycles. The maximum atomic E-state index is 13.7. The van der Waals surface area contributed by atoms with Crippen molar-refractivity contribution < 1.29 is 18.0 Å². The minimum absolute atomic E-state index is 0. The molecule has 0 unspecified atom stereocenters. The van der Waals surface area contributed by atoms with Crippen molar-refractivity contribution in [3.8, 4) is 22.5 Å². The van der Waals surface area contributed by atoms with Crippen molar-refractivity contribution in [2.45, 2.75) is 50.0 Å². The van der Waals surface area contributed by atoms with Gasteiger partial charge in [-0.1, -0.05) is 30.3 Å². The van der Waals surface area contributed by atoms with E-state index in [4.69, 9.17) is 17.3 Å². The topological polar surface area (TPSA) is 163 Å². The number of halogens is 2. The highest BCUT2D eigenvalue weighted by molar-refractivity contribution is 7.89. The summed E-state index contributed by atoms with van der Waals surface area (Å²) in [5.41, 5.74) is 10.5. The Kier molecular flexibility index (Phi) is 12.4. The number of nitrogens with zero attached hydrogens (tertiary/aromatic N) is 3. The number of amides is 2. The first-order chi connectivity index (χ1) is 22.4. The summed E-state index contributed by atoms with van der Waals surface area (Å²) in [6.45, 7) is 2.55. The van der Waals surface area contributed by atoms with Crippen LogP contribution in [0.5, 0.6) is 0 Å². The molecule has 5 rings (SSSR count). The molecule has 256 valence electrons. The highest BCUT2D eigenvalue weighted by Gasteiger charge is 2.29. The Morgan fingerprint density at radius 1 is 1.00 bits per heavy atom. The maximum Gasteiger partial charge on any atom is 0.247 e. The van der Waals surface area contributed by atoms with Gasteiger partial charge in [-0.25, -0.2) is 17.8 Å². The predicted molar refractivity (Wildman–Crippen MR) is 190 cm³/mol. The SMILES string of the molecule is Cc1ccc(S(=O)(=O)N(C)C)cc1-c1ccc(C[C@H](NC(=O)C2CCC(CN)CC2)C(=O)Nc2ccc(-c3n[nH]c(Cl)n3)cc2)cc1.Cl. The Labute approximate surface area is 292 Å². The van der Waals surface area contributed by atoms with E-state index in [1.54, 1.807) is 42.5 Å². The van der Waals surface area contributed by atoms with E-state index in [0.717, 1.165) is 53.5 Å². The van der Waals surface area contributed by atoms with Gasteiger partial charge in [0.2, 0.25) is 27.1 Å². The number of carbonyl (C=O) groups excluding carboxylic acids is 2. The lowest BCUT2D eigenvalue weighted by Crippen LogP contribution is -2.48. The van der Waals surface area contributed by atoms with Gasteiger partial charge in [0, 0.05) is 37.7 Å². The van der Waals surface area contributed by atoms with E-state index < -0.39 is 16.1 Å². The summed E-state index contributed by atoms with van der Waals surface area (Å²) in [6.07, 6.45) is 3.53. The van der Waals surface area contributed by atoms with Crippen LogP contribution < -0.4 is 16.4 Å². The average molecular weight is 715 g/mol. The van der Waals surface area contributed by atoms with Gasteiger partial charge < -0.3 is 16.4 Å². The number of aryl methyl sites for hydroxylation is 1. The van der Waals surface area contributed by atoms with E-state index in [-0.39, 0.29) is 46.7 Å². The monoisotopic (exact) mass is 713 g/mol. The number of nitrogens with one attached hydrogen (secondary N) is 3. The van der Waals surface area contributed by atoms with Crippen LogP contribution in [-0.2, 0) is 26.0 Å². The number of nitrogens with two attached hydrogens (primary N) is 1. The molecule has 48 heavy (non-hydrogen) atoms. The summed E-state index contributed by atoms with van der Waals surface area (Å²) >= 11 is 5.85. The van der Waals surface area contributed by atoms with Crippen molar-refractivity contribution in [1.29, 1.82) is 0 Å². The number of sulfonamides is 1. The molecule has 5 N–H and O–H groups in total. The highest BCUT2D eigenvalue weighted by atomic mass is 35.5. The number of hydrogen-bond donors (Lipinski definition) is 4. The van der Waals surface area contributed by atoms with Crippen molar-refractivity contribution in [3.63, 3.8) is 0 Å². The molecule has 0 radical (unpaired) electrons. The zero-order valence-corrected chi connectivity index (χ0v) is 29.5. The van der Waals surface area contributed by atoms with Crippen LogP contribution in [-0.4, -0.2) is 66.4 Å². The van der Waals surface area contributed by atoms with Crippen LogP contribution in [0.3, 0.4) is 0 Å². The molecular formula is C34H41Cl2N7O4S. The van der Waals surface area contributed by atoms with Crippen LogP contribution in [0.4, 0.5) is 5.69 Å². The fraction of sp³-hybridized carbons (Fsp3) is 0.353. The fourth-order valence-corrected chi connectivity index (χ4v) is 6.85. The molecule has 1 aromatic heterocycles. The van der Waals surface area contributed by atoms with E-state index >= 15 is 0 Å². The molecule has 1 heterocycles. The highest BCUT2D eigenvalue weighted by Crippen LogP contribution is 2.30. The van der Waals surface area contributed by atoms with Crippen molar-refractivity contribution >= 4 is 51.5 Å². The molecule has 11 nitrogen and oxygen atoms in total. The normalized spacial score (nSPS) is 17.0. The van der Waals surface area contributed by atoms with Gasteiger partial charge in [0.15, 0.2) is 5.82 Å². The third-order valence-electron chi connectivity index (χ3n) is 8.74. The van der Waals surface area contributed by atoms with Crippen molar-refractivity contribution in [1.82, 2.24) is 24.8 Å². The van der Waals surface area contributed by atoms with Gasteiger partial charge in [-0.05, 0) is 115 Å². The Balaban J connectivity index is 0.00000520. The molecule has 4 aromatic rings. The fourth-order valence-electron chi connectivity index (χ4n) is 5.80. The van der Waals surface area contributed by atoms with Crippen LogP contribution in [0.2, 0.25) is 5.28 Å². The lowest BCUT2D eigenvalue weighted by molar-refractivity contribution is -0.130. The van der Waals surface area contributed by atoms with E-state index in [0.29, 0.717) is 24.0 Å². The summed E-state index contributed by atoms with van der Waals surface area (Å²) in [7, 11) is -0.587. The quantitative estimate of drug-likeness (QED) is 0.166. The third-order valence-corrected chi connectivity index (χ3v) is 10.7. The number of aromatic amines is 1. The minimum atomic E-state index is -3.60. The third kappa shape index (κ3) is 8.80. The lowest BCUT2D eigenvalue weighted by Gasteiger charge is -2.28. The summed E-state index contributed by atoms with van der Waals surface area (Å²) in [6, 6.07) is 18.9. The zero-order valence-electron chi connectivity index (χ0n) is 27.1. The molecule has 0 bridgehead atoms. The van der Waals surface area contributed by atoms with E-state index in [1.807, 2.05) is 31.2 Å². The molecule has 14 heteroatoms. The zero-order chi connectivity index (χ0) is 33.7. The molecule has 2 amide bonds. The van der Waals surface area contributed by atoms with Gasteiger partial charge in [-0.2, -0.15) is 10.1 Å². The van der Waals surface area contributed by atoms with Crippen molar-refractivity contribution in [2.24, 2.45) is 17.6 Å². The predicted octanol–water partition coefficient (Wildman–Crippen LogP) is 5.20. The van der Waals surface area contributed by atoms with Crippen LogP contribution in [0, 0.1) is 18.8 Å². The Morgan fingerprint density at radius 3 is 2.23 bits per heavy atom. The summed E-state index contributed by atoms with van der Waals surface area (Å²) in [4.78, 5) is 31.4. The van der Waals surface area contributed by atoms with E-state index in [9.17, 15) is 18.0 Å². The maximum absolute atomic E-state index is 13.7. The standard InChI is InChI=1S/C34H40ClN7O4S.ClH/c1-21-4-17-28(47(45,46)42(2)3)19-29(21)24-9-5-22(6-10-24)18-30(38-32(43)26-11-7-23(20-36)8-12-26)33(44)37-27-15-13-25(14-16-27)31-39-34(35)41-40-31;/h4-6,9-10,13-17,19,23,26,30H,7-8,11-12,18,20,36H2,1-3H3,(H,37,44)(H,38,43)(H,39,40,41);1H/t23?,26?,30-;/m0./s1. The first-order valence-electron chi connectivity index (χ1n) is 15.6. The number of rotatable bonds is 11. The summed E-state index contributed by atoms with van der Waals surface area (Å²) in [5.74, 6) is 0.219. The number of H-pyrrole nitrogens is 1. The summed E-state index contributed by atoms with van der Waals surface area (Å²) < 4.78 is 26.7. The van der Waals surface area contributed by atoms with Crippen LogP contribution in [0.25, 0.3) is 22.5 Å². The van der Waals surface area contributed by atoms with Gasteiger partial charge >= 0.3 is 0 Å². The largest absolute Gasteiger partial charge is 0.344 e. The molecule has 3 aromatic carbocycles. The average Bonchev–Trinajstić information content (AvgIpc) is 3.51. The van der Waals surface area contributed by atoms with Gasteiger partial charge in [-0.3, -0.25) is 9.59 Å². The molecule has 0 spiro atoms. The first-order valence-corrected chi connectivity index (χ1v) is 17.4. The molecule has 1 aliphatic carbocycles. The molecule has 1 saturated carbocycles. The molecular weight excluding hydrogens is 673 g/mol. The summed E-state index contributed by atoms with van der Waals surface area (Å²) in [5, 5.41) is 12.8. The van der Waals surface area contributed by atoms with Gasteiger partial charge in [0.1, 0.15) is 6.04 Å². The first kappa shape index (κ1) is 37.0. The smallest absolute Gasteiger partial charge is 0.247 e. The van der Waals surface area contributed by atoms with E-state index in [2.05, 4.69) is 25.8 Å². The van der Waals surface area contributed by atoms with Crippen LogP contribution >= 0.6 is 24.0 Å². The Morgan fingerprint density at radius 2 is 1.65 bits per heavy atom. The second-order valence-corrected chi connectivity index (χ2v) is 14.7. The van der Waals surface area contributed by atoms with Crippen molar-refractivity contribution in [2.75, 3.05) is 26.0 Å². The number of aromatic nitrogens is 3. The van der Waals surface area contributed by atoms with Crippen LogP contribution in [0.15, 0.2) is 71.6 Å². The Hall–Kier alpha value is -3.81. The van der Waals surface area contributed by atoms with Gasteiger partial charge in [-0.15, -0.1) is 12.4 Å². The van der Waals surface area contributed by atoms with Crippen LogP contribution in [0.1, 0.15) is 36.8 Å². The number of carbonyl (C=O) groups is 2. The molecule has 1 fully saturated rings. The second-order valence-electron chi connectivity index (χ2n) is 12.2. The van der Waals surface area contributed by atoms with Crippen molar-refractivity contribution in [3.05, 3.63) is 83.1 Å². The second kappa shape index (κ2) is 16.1. The number of hydrogen-bond acceptors (Lipinski definition) is 7. The number of benzene rings is 3. The number of anilines is 1. The lowest BCUT2D eigenvalue weighted by atomic mass is 9.81. The molecule has 1 aliphatic rings.